The van der Waals surface area contributed by atoms with Crippen LogP contribution >= 0.6 is 0 Å². The first-order chi connectivity index (χ1) is 7.63. The molecule has 88 valence electrons. The van der Waals surface area contributed by atoms with Gasteiger partial charge in [-0.2, -0.15) is 0 Å². The van der Waals surface area contributed by atoms with E-state index in [1.54, 1.807) is 19.0 Å². The highest BCUT2D eigenvalue weighted by Gasteiger charge is 2.02. The second-order valence-corrected chi connectivity index (χ2v) is 4.02. The van der Waals surface area contributed by atoms with Crippen LogP contribution in [-0.4, -0.2) is 31.4 Å². The van der Waals surface area contributed by atoms with Gasteiger partial charge < -0.3 is 10.2 Å². The van der Waals surface area contributed by atoms with Crippen molar-refractivity contribution in [2.24, 2.45) is 0 Å². The zero-order chi connectivity index (χ0) is 12.0. The predicted molar refractivity (Wildman–Crippen MR) is 67.6 cm³/mol. The van der Waals surface area contributed by atoms with Crippen LogP contribution in [0.2, 0.25) is 0 Å². The fraction of sp³-hybridized carbons (Fsp3) is 0.462. The topological polar surface area (TPSA) is 32.3 Å². The molecule has 0 aliphatic carbocycles. The summed E-state index contributed by atoms with van der Waals surface area (Å²) in [6.45, 7) is 2.82. The Labute approximate surface area is 97.5 Å². The average molecular weight is 220 g/mol. The van der Waals surface area contributed by atoms with E-state index in [-0.39, 0.29) is 5.91 Å². The molecule has 1 aromatic rings. The summed E-state index contributed by atoms with van der Waals surface area (Å²) in [5.41, 5.74) is 2.40. The lowest BCUT2D eigenvalue weighted by Gasteiger charge is -2.11. The monoisotopic (exact) mass is 220 g/mol. The number of benzene rings is 1. The number of nitrogens with zero attached hydrogens (tertiary/aromatic N) is 1. The summed E-state index contributed by atoms with van der Waals surface area (Å²) in [6.07, 6.45) is 1.56. The lowest BCUT2D eigenvalue weighted by atomic mass is 10.1. The summed E-state index contributed by atoms with van der Waals surface area (Å²) in [5.74, 6) is 0.152. The Bertz CT molecular complexity index is 348. The molecule has 3 nitrogen and oxygen atoms in total. The summed E-state index contributed by atoms with van der Waals surface area (Å²) in [6, 6.07) is 8.30. The van der Waals surface area contributed by atoms with Crippen LogP contribution in [0.3, 0.4) is 0 Å². The van der Waals surface area contributed by atoms with E-state index in [0.717, 1.165) is 12.1 Å². The minimum atomic E-state index is 0.152. The van der Waals surface area contributed by atoms with Crippen LogP contribution < -0.4 is 5.32 Å². The minimum absolute atomic E-state index is 0.152. The number of nitrogens with one attached hydrogen (secondary N) is 1. The van der Waals surface area contributed by atoms with Crippen LogP contribution in [0.15, 0.2) is 24.3 Å². The highest BCUT2D eigenvalue weighted by Crippen LogP contribution is 2.10. The molecule has 0 bridgehead atoms. The van der Waals surface area contributed by atoms with Crippen molar-refractivity contribution >= 4 is 11.6 Å². The van der Waals surface area contributed by atoms with Crippen LogP contribution in [0.4, 0.5) is 5.69 Å². The molecule has 0 aliphatic rings. The molecule has 0 aromatic heterocycles. The van der Waals surface area contributed by atoms with Crippen LogP contribution in [0.25, 0.3) is 0 Å². The third kappa shape index (κ3) is 3.93. The second kappa shape index (κ2) is 6.16. The van der Waals surface area contributed by atoms with Crippen LogP contribution in [0.1, 0.15) is 18.9 Å². The van der Waals surface area contributed by atoms with Crippen molar-refractivity contribution in [2.45, 2.75) is 19.8 Å². The van der Waals surface area contributed by atoms with Crippen molar-refractivity contribution < 1.29 is 4.79 Å². The average Bonchev–Trinajstić information content (AvgIpc) is 2.29. The van der Waals surface area contributed by atoms with Gasteiger partial charge in [0.05, 0.1) is 0 Å². The Morgan fingerprint density at radius 3 is 2.75 bits per heavy atom. The molecule has 0 atom stereocenters. The van der Waals surface area contributed by atoms with Gasteiger partial charge in [0.2, 0.25) is 5.91 Å². The van der Waals surface area contributed by atoms with Gasteiger partial charge in [0.1, 0.15) is 0 Å². The molecule has 0 heterocycles. The van der Waals surface area contributed by atoms with Gasteiger partial charge in [0.25, 0.3) is 0 Å². The Morgan fingerprint density at radius 2 is 2.12 bits per heavy atom. The molecular weight excluding hydrogens is 200 g/mol. The summed E-state index contributed by atoms with van der Waals surface area (Å²) in [4.78, 5) is 13.0. The molecule has 0 saturated heterocycles. The standard InChI is InChI=1S/C13H20N2O/c1-4-11-6-5-7-12(10-11)14-9-8-13(16)15(2)3/h5-7,10,14H,4,8-9H2,1-3H3. The number of aryl methyl sites for hydroxylation is 1. The van der Waals surface area contributed by atoms with E-state index < -0.39 is 0 Å². The fourth-order valence-corrected chi connectivity index (χ4v) is 1.44. The largest absolute Gasteiger partial charge is 0.385 e. The second-order valence-electron chi connectivity index (χ2n) is 4.02. The molecule has 3 heteroatoms. The van der Waals surface area contributed by atoms with Crippen LogP contribution in [-0.2, 0) is 11.2 Å². The first kappa shape index (κ1) is 12.6. The van der Waals surface area contributed by atoms with Crippen molar-refractivity contribution in [1.29, 1.82) is 0 Å². The molecule has 0 radical (unpaired) electrons. The summed E-state index contributed by atoms with van der Waals surface area (Å²) >= 11 is 0. The Hall–Kier alpha value is -1.51. The Balaban J connectivity index is 2.40. The highest BCUT2D eigenvalue weighted by molar-refractivity contribution is 5.76. The van der Waals surface area contributed by atoms with E-state index in [1.165, 1.54) is 5.56 Å². The number of hydrogen-bond acceptors (Lipinski definition) is 2. The third-order valence-electron chi connectivity index (χ3n) is 2.50. The number of amides is 1. The van der Waals surface area contributed by atoms with Gasteiger partial charge in [-0.1, -0.05) is 19.1 Å². The number of rotatable bonds is 5. The summed E-state index contributed by atoms with van der Waals surface area (Å²) in [7, 11) is 3.56. The first-order valence-electron chi connectivity index (χ1n) is 5.66. The van der Waals surface area contributed by atoms with Crippen molar-refractivity contribution in [3.63, 3.8) is 0 Å². The zero-order valence-corrected chi connectivity index (χ0v) is 10.3. The van der Waals surface area contributed by atoms with Crippen molar-refractivity contribution in [3.05, 3.63) is 29.8 Å². The number of hydrogen-bond donors (Lipinski definition) is 1. The Kier molecular flexibility index (Phi) is 4.83. The fourth-order valence-electron chi connectivity index (χ4n) is 1.44. The molecule has 16 heavy (non-hydrogen) atoms. The first-order valence-corrected chi connectivity index (χ1v) is 5.66. The maximum atomic E-state index is 11.3. The molecule has 0 unspecified atom stereocenters. The maximum absolute atomic E-state index is 11.3. The van der Waals surface area contributed by atoms with Gasteiger partial charge in [-0.25, -0.2) is 0 Å². The molecule has 0 fully saturated rings. The quantitative estimate of drug-likeness (QED) is 0.824. The van der Waals surface area contributed by atoms with Crippen LogP contribution in [0, 0.1) is 0 Å². The van der Waals surface area contributed by atoms with Gasteiger partial charge in [0, 0.05) is 32.7 Å². The van der Waals surface area contributed by atoms with E-state index >= 15 is 0 Å². The van der Waals surface area contributed by atoms with E-state index in [2.05, 4.69) is 24.4 Å². The van der Waals surface area contributed by atoms with E-state index in [4.69, 9.17) is 0 Å². The van der Waals surface area contributed by atoms with Gasteiger partial charge >= 0.3 is 0 Å². The van der Waals surface area contributed by atoms with Gasteiger partial charge in [0.15, 0.2) is 0 Å². The molecular formula is C13H20N2O. The molecule has 0 aliphatic heterocycles. The SMILES string of the molecule is CCc1cccc(NCCC(=O)N(C)C)c1. The van der Waals surface area contributed by atoms with Gasteiger partial charge in [-0.3, -0.25) is 4.79 Å². The highest BCUT2D eigenvalue weighted by atomic mass is 16.2. The number of carbonyl (C=O) groups is 1. The third-order valence-corrected chi connectivity index (χ3v) is 2.50. The van der Waals surface area contributed by atoms with Crippen molar-refractivity contribution in [1.82, 2.24) is 4.90 Å². The molecule has 1 rings (SSSR count). The molecule has 0 spiro atoms. The lowest BCUT2D eigenvalue weighted by molar-refractivity contribution is -0.128. The van der Waals surface area contributed by atoms with Crippen LogP contribution in [0.5, 0.6) is 0 Å². The number of carbonyl (C=O) groups excluding carboxylic acids is 1. The molecule has 1 aromatic carbocycles. The van der Waals surface area contributed by atoms with Crippen molar-refractivity contribution in [2.75, 3.05) is 26.0 Å². The smallest absolute Gasteiger partial charge is 0.223 e. The van der Waals surface area contributed by atoms with E-state index in [1.807, 2.05) is 12.1 Å². The minimum Gasteiger partial charge on any atom is -0.385 e. The Morgan fingerprint density at radius 1 is 1.38 bits per heavy atom. The normalized spacial score (nSPS) is 9.94. The summed E-state index contributed by atoms with van der Waals surface area (Å²) < 4.78 is 0. The van der Waals surface area contributed by atoms with Gasteiger partial charge in [-0.15, -0.1) is 0 Å². The van der Waals surface area contributed by atoms with Crippen molar-refractivity contribution in [3.8, 4) is 0 Å². The van der Waals surface area contributed by atoms with Gasteiger partial charge in [-0.05, 0) is 24.1 Å². The number of anilines is 1. The van der Waals surface area contributed by atoms with E-state index in [0.29, 0.717) is 13.0 Å². The lowest BCUT2D eigenvalue weighted by Crippen LogP contribution is -2.23. The molecule has 0 saturated carbocycles. The van der Waals surface area contributed by atoms with E-state index in [9.17, 15) is 4.79 Å². The predicted octanol–water partition coefficient (Wildman–Crippen LogP) is 2.14. The molecule has 1 N–H and O–H groups in total. The maximum Gasteiger partial charge on any atom is 0.223 e. The summed E-state index contributed by atoms with van der Waals surface area (Å²) in [5, 5.41) is 3.26. The zero-order valence-electron chi connectivity index (χ0n) is 10.3. The molecule has 1 amide bonds.